The number of hydrogen-bond donors (Lipinski definition) is 5. The molecule has 176 valence electrons. The molecule has 0 unspecified atom stereocenters. The maximum absolute atomic E-state index is 10.3. The molecule has 3 rings (SSSR count). The van der Waals surface area contributed by atoms with Gasteiger partial charge in [0.2, 0.25) is 0 Å². The molecule has 6 nitrogen and oxygen atoms in total. The van der Waals surface area contributed by atoms with E-state index in [-0.39, 0.29) is 12.4 Å². The van der Waals surface area contributed by atoms with Gasteiger partial charge in [0.05, 0.1) is 19.3 Å². The second-order valence-corrected chi connectivity index (χ2v) is 8.16. The van der Waals surface area contributed by atoms with Crippen LogP contribution in [0.5, 0.6) is 11.5 Å². The lowest BCUT2D eigenvalue weighted by atomic mass is 10.0. The van der Waals surface area contributed by atoms with E-state index in [2.05, 4.69) is 23.5 Å². The van der Waals surface area contributed by atoms with E-state index in [0.717, 1.165) is 36.9 Å². The van der Waals surface area contributed by atoms with Gasteiger partial charge < -0.3 is 30.5 Å². The Morgan fingerprint density at radius 1 is 0.848 bits per heavy atom. The number of nitrogens with one attached hydrogen (secondary N) is 1. The van der Waals surface area contributed by atoms with Gasteiger partial charge >= 0.3 is 0 Å². The van der Waals surface area contributed by atoms with Crippen molar-refractivity contribution in [1.82, 2.24) is 5.32 Å². The van der Waals surface area contributed by atoms with Crippen LogP contribution >= 0.6 is 0 Å². The molecule has 33 heavy (non-hydrogen) atoms. The zero-order valence-corrected chi connectivity index (χ0v) is 18.8. The van der Waals surface area contributed by atoms with E-state index in [1.165, 1.54) is 11.6 Å². The van der Waals surface area contributed by atoms with E-state index in [1.807, 2.05) is 18.2 Å². The Bertz CT molecular complexity index is 1010. The van der Waals surface area contributed by atoms with Crippen LogP contribution < -0.4 is 5.32 Å². The summed E-state index contributed by atoms with van der Waals surface area (Å²) in [6.45, 7) is 2.06. The molecule has 0 amide bonds. The molecule has 0 bridgehead atoms. The van der Waals surface area contributed by atoms with Gasteiger partial charge in [-0.05, 0) is 72.3 Å². The van der Waals surface area contributed by atoms with Crippen LogP contribution in [0.2, 0.25) is 0 Å². The van der Waals surface area contributed by atoms with E-state index in [1.54, 1.807) is 24.3 Å². The molecule has 0 fully saturated rings. The largest absolute Gasteiger partial charge is 0.508 e. The fraction of sp³-hybridized carbons (Fsp3) is 0.333. The van der Waals surface area contributed by atoms with E-state index in [9.17, 15) is 20.4 Å². The second-order valence-electron chi connectivity index (χ2n) is 8.16. The standard InChI is InChI=1S/C27H33NO5/c29-18-24-16-23(9-10-26(24)31)27(32)17-28-12-11-21-4-1-6-22(14-21)19-33-13-3-7-20-5-2-8-25(30)15-20/h1-2,4-6,8-10,14-16,27-32H,3,7,11-13,17-19H2/t27-/m0/s1. The smallest absolute Gasteiger partial charge is 0.121 e. The summed E-state index contributed by atoms with van der Waals surface area (Å²) < 4.78 is 5.81. The molecule has 0 aliphatic heterocycles. The molecular weight excluding hydrogens is 418 g/mol. The third-order valence-electron chi connectivity index (χ3n) is 5.51. The van der Waals surface area contributed by atoms with Gasteiger partial charge in [-0.2, -0.15) is 0 Å². The number of aliphatic hydroxyl groups is 2. The topological polar surface area (TPSA) is 102 Å². The summed E-state index contributed by atoms with van der Waals surface area (Å²) in [6.07, 6.45) is 1.89. The van der Waals surface area contributed by atoms with Crippen molar-refractivity contribution in [2.45, 2.75) is 38.6 Å². The number of ether oxygens (including phenoxy) is 1. The highest BCUT2D eigenvalue weighted by atomic mass is 16.5. The third kappa shape index (κ3) is 8.18. The lowest BCUT2D eigenvalue weighted by Crippen LogP contribution is -2.23. The molecule has 0 saturated heterocycles. The normalized spacial score (nSPS) is 12.1. The number of phenols is 2. The summed E-state index contributed by atoms with van der Waals surface area (Å²) in [5.41, 5.74) is 4.51. The molecule has 1 atom stereocenters. The van der Waals surface area contributed by atoms with Gasteiger partial charge in [0.15, 0.2) is 0 Å². The fourth-order valence-corrected chi connectivity index (χ4v) is 3.68. The first kappa shape index (κ1) is 24.7. The van der Waals surface area contributed by atoms with Crippen molar-refractivity contribution in [2.24, 2.45) is 0 Å². The molecule has 6 heteroatoms. The molecule has 0 aliphatic carbocycles. The van der Waals surface area contributed by atoms with Crippen LogP contribution in [0.4, 0.5) is 0 Å². The SMILES string of the molecule is OCc1cc([C@@H](O)CNCCc2cccc(COCCCc3cccc(O)c3)c2)ccc1O. The Hall–Kier alpha value is -2.90. The number of phenolic OH excluding ortho intramolecular Hbond substituents is 1. The summed E-state index contributed by atoms with van der Waals surface area (Å²) in [7, 11) is 0. The van der Waals surface area contributed by atoms with Crippen molar-refractivity contribution in [3.05, 3.63) is 94.5 Å². The highest BCUT2D eigenvalue weighted by Gasteiger charge is 2.10. The van der Waals surface area contributed by atoms with Crippen LogP contribution in [0.3, 0.4) is 0 Å². The summed E-state index contributed by atoms with van der Waals surface area (Å²) in [5, 5.41) is 42.0. The summed E-state index contributed by atoms with van der Waals surface area (Å²) in [4.78, 5) is 0. The van der Waals surface area contributed by atoms with Crippen LogP contribution in [0.1, 0.15) is 40.3 Å². The van der Waals surface area contributed by atoms with Gasteiger partial charge in [0, 0.05) is 18.7 Å². The minimum atomic E-state index is -0.713. The first-order chi connectivity index (χ1) is 16.0. The van der Waals surface area contributed by atoms with Crippen molar-refractivity contribution in [3.63, 3.8) is 0 Å². The Balaban J connectivity index is 1.35. The summed E-state index contributed by atoms with van der Waals surface area (Å²) in [6, 6.07) is 20.4. The zero-order chi connectivity index (χ0) is 23.5. The quantitative estimate of drug-likeness (QED) is 0.255. The Labute approximate surface area is 195 Å². The van der Waals surface area contributed by atoms with Gasteiger partial charge in [-0.3, -0.25) is 0 Å². The lowest BCUT2D eigenvalue weighted by molar-refractivity contribution is 0.118. The van der Waals surface area contributed by atoms with Crippen LogP contribution in [0.15, 0.2) is 66.7 Å². The number of aryl methyl sites for hydroxylation is 1. The molecule has 0 spiro atoms. The van der Waals surface area contributed by atoms with E-state index in [4.69, 9.17) is 4.74 Å². The van der Waals surface area contributed by atoms with Gasteiger partial charge in [-0.1, -0.05) is 42.5 Å². The van der Waals surface area contributed by atoms with Gasteiger partial charge in [0.1, 0.15) is 11.5 Å². The highest BCUT2D eigenvalue weighted by Crippen LogP contribution is 2.22. The number of rotatable bonds is 13. The molecule has 0 heterocycles. The van der Waals surface area contributed by atoms with Crippen molar-refractivity contribution >= 4 is 0 Å². The second kappa shape index (κ2) is 13.0. The van der Waals surface area contributed by atoms with Crippen LogP contribution in [-0.2, 0) is 30.8 Å². The average molecular weight is 452 g/mol. The monoisotopic (exact) mass is 451 g/mol. The lowest BCUT2D eigenvalue weighted by Gasteiger charge is -2.14. The molecule has 3 aromatic carbocycles. The van der Waals surface area contributed by atoms with Crippen molar-refractivity contribution in [3.8, 4) is 11.5 Å². The Kier molecular flexibility index (Phi) is 9.72. The highest BCUT2D eigenvalue weighted by molar-refractivity contribution is 5.36. The molecule has 5 N–H and O–H groups in total. The van der Waals surface area contributed by atoms with Crippen molar-refractivity contribution in [1.29, 1.82) is 0 Å². The predicted octanol–water partition coefficient (Wildman–Crippen LogP) is 3.61. The minimum absolute atomic E-state index is 0.0294. The number of aliphatic hydroxyl groups excluding tert-OH is 2. The maximum Gasteiger partial charge on any atom is 0.121 e. The predicted molar refractivity (Wildman–Crippen MR) is 128 cm³/mol. The minimum Gasteiger partial charge on any atom is -0.508 e. The third-order valence-corrected chi connectivity index (χ3v) is 5.51. The zero-order valence-electron chi connectivity index (χ0n) is 18.8. The van der Waals surface area contributed by atoms with E-state index < -0.39 is 6.10 Å². The maximum atomic E-state index is 10.3. The molecule has 3 aromatic rings. The van der Waals surface area contributed by atoms with Crippen molar-refractivity contribution in [2.75, 3.05) is 19.7 Å². The molecule has 0 saturated carbocycles. The molecule has 0 radical (unpaired) electrons. The Morgan fingerprint density at radius 2 is 1.61 bits per heavy atom. The number of aromatic hydroxyl groups is 2. The first-order valence-corrected chi connectivity index (χ1v) is 11.3. The summed E-state index contributed by atoms with van der Waals surface area (Å²) >= 11 is 0. The first-order valence-electron chi connectivity index (χ1n) is 11.3. The molecule has 0 aromatic heterocycles. The fourth-order valence-electron chi connectivity index (χ4n) is 3.68. The van der Waals surface area contributed by atoms with E-state index >= 15 is 0 Å². The van der Waals surface area contributed by atoms with Gasteiger partial charge in [0.25, 0.3) is 0 Å². The number of benzene rings is 3. The average Bonchev–Trinajstić information content (AvgIpc) is 2.82. The van der Waals surface area contributed by atoms with Crippen LogP contribution in [0.25, 0.3) is 0 Å². The summed E-state index contributed by atoms with van der Waals surface area (Å²) in [5.74, 6) is 0.326. The van der Waals surface area contributed by atoms with Crippen molar-refractivity contribution < 1.29 is 25.2 Å². The molecular formula is C27H33NO5. The van der Waals surface area contributed by atoms with E-state index in [0.29, 0.717) is 36.6 Å². The molecule has 0 aliphatic rings. The number of hydrogen-bond acceptors (Lipinski definition) is 6. The van der Waals surface area contributed by atoms with Crippen LogP contribution in [0, 0.1) is 0 Å². The van der Waals surface area contributed by atoms with Gasteiger partial charge in [-0.15, -0.1) is 0 Å². The Morgan fingerprint density at radius 3 is 2.39 bits per heavy atom. The van der Waals surface area contributed by atoms with Crippen LogP contribution in [-0.4, -0.2) is 40.1 Å². The van der Waals surface area contributed by atoms with Gasteiger partial charge in [-0.25, -0.2) is 0 Å².